The van der Waals surface area contributed by atoms with Crippen molar-refractivity contribution < 1.29 is 8.78 Å². The molecule has 0 spiro atoms. The fourth-order valence-corrected chi connectivity index (χ4v) is 5.04. The predicted octanol–water partition coefficient (Wildman–Crippen LogP) is 2.17. The third-order valence-corrected chi connectivity index (χ3v) is 6.84. The van der Waals surface area contributed by atoms with Gasteiger partial charge in [0, 0.05) is 35.8 Å². The van der Waals surface area contributed by atoms with E-state index in [1.165, 1.54) is 6.07 Å². The summed E-state index contributed by atoms with van der Waals surface area (Å²) in [6.45, 7) is 2.71. The molecule has 1 aliphatic heterocycles. The Morgan fingerprint density at radius 1 is 1.09 bits per heavy atom. The minimum Gasteiger partial charge on any atom is -0.368 e. The molecule has 5 rings (SSSR count). The molecule has 2 unspecified atom stereocenters. The van der Waals surface area contributed by atoms with Crippen molar-refractivity contribution in [3.8, 4) is 0 Å². The highest BCUT2D eigenvalue weighted by Crippen LogP contribution is 2.42. The Balaban J connectivity index is 1.58. The number of anilines is 1. The van der Waals surface area contributed by atoms with E-state index in [0.29, 0.717) is 52.1 Å². The zero-order valence-corrected chi connectivity index (χ0v) is 17.7. The van der Waals surface area contributed by atoms with Crippen molar-refractivity contribution in [1.82, 2.24) is 9.08 Å². The van der Waals surface area contributed by atoms with Crippen LogP contribution in [-0.4, -0.2) is 22.2 Å². The second-order valence-corrected chi connectivity index (χ2v) is 8.86. The summed E-state index contributed by atoms with van der Waals surface area (Å²) in [6, 6.07) is 5.92. The van der Waals surface area contributed by atoms with Crippen LogP contribution < -0.4 is 27.7 Å². The number of hydrogen-bond donors (Lipinski definition) is 2. The van der Waals surface area contributed by atoms with Crippen LogP contribution in [0.2, 0.25) is 0 Å². The average Bonchev–Trinajstić information content (AvgIpc) is 3.49. The lowest BCUT2D eigenvalue weighted by atomic mass is 9.93. The lowest BCUT2D eigenvalue weighted by Crippen LogP contribution is -2.44. The summed E-state index contributed by atoms with van der Waals surface area (Å²) in [4.78, 5) is 27.2. The number of nitrogens with two attached hydrogens (primary N) is 2. The van der Waals surface area contributed by atoms with E-state index < -0.39 is 23.1 Å². The third kappa shape index (κ3) is 3.10. The number of pyridine rings is 1. The van der Waals surface area contributed by atoms with E-state index in [9.17, 15) is 14.0 Å². The number of rotatable bonds is 4. The molecule has 2 fully saturated rings. The Kier molecular flexibility index (Phi) is 4.81. The minimum atomic E-state index is -0.774. The van der Waals surface area contributed by atoms with Crippen LogP contribution >= 0.6 is 0 Å². The lowest BCUT2D eigenvalue weighted by molar-refractivity contribution is 0.453. The first kappa shape index (κ1) is 20.7. The van der Waals surface area contributed by atoms with Crippen molar-refractivity contribution in [2.24, 2.45) is 11.7 Å². The Morgan fingerprint density at radius 2 is 1.81 bits per heavy atom. The maximum Gasteiger partial charge on any atom is 0.354 e. The van der Waals surface area contributed by atoms with Gasteiger partial charge in [-0.05, 0) is 44.1 Å². The van der Waals surface area contributed by atoms with Gasteiger partial charge in [0.2, 0.25) is 0 Å². The zero-order valence-electron chi connectivity index (χ0n) is 17.7. The van der Waals surface area contributed by atoms with Gasteiger partial charge in [0.15, 0.2) is 5.82 Å². The molecular formula is C23H25F2N5O2. The van der Waals surface area contributed by atoms with E-state index in [1.807, 2.05) is 4.90 Å². The molecule has 3 heterocycles. The summed E-state index contributed by atoms with van der Waals surface area (Å²) >= 11 is 0. The van der Waals surface area contributed by atoms with Gasteiger partial charge in [-0.1, -0.05) is 18.2 Å². The molecule has 0 bridgehead atoms. The predicted molar refractivity (Wildman–Crippen MR) is 118 cm³/mol. The maximum atomic E-state index is 15.3. The number of fused-ring (bicyclic) bond motifs is 1. The van der Waals surface area contributed by atoms with Crippen molar-refractivity contribution in [2.45, 2.75) is 38.1 Å². The molecule has 2 aromatic heterocycles. The third-order valence-electron chi connectivity index (χ3n) is 6.84. The van der Waals surface area contributed by atoms with E-state index in [-0.39, 0.29) is 17.7 Å². The number of benzene rings is 1. The van der Waals surface area contributed by atoms with Crippen molar-refractivity contribution in [1.29, 1.82) is 0 Å². The van der Waals surface area contributed by atoms with Crippen LogP contribution in [0.3, 0.4) is 0 Å². The minimum absolute atomic E-state index is 0.0192. The molecule has 2 atom stereocenters. The van der Waals surface area contributed by atoms with E-state index in [2.05, 4.69) is 0 Å². The average molecular weight is 441 g/mol. The van der Waals surface area contributed by atoms with Gasteiger partial charge in [-0.2, -0.15) is 4.68 Å². The molecule has 1 aliphatic carbocycles. The van der Waals surface area contributed by atoms with Crippen molar-refractivity contribution in [3.05, 3.63) is 79.6 Å². The normalized spacial score (nSPS) is 19.6. The topological polar surface area (TPSA) is 98.8 Å². The zero-order chi connectivity index (χ0) is 22.7. The van der Waals surface area contributed by atoms with Gasteiger partial charge in [0.05, 0.1) is 17.4 Å². The molecule has 7 nitrogen and oxygen atoms in total. The molecule has 4 N–H and O–H groups in total. The maximum absolute atomic E-state index is 15.3. The Labute approximate surface area is 182 Å². The smallest absolute Gasteiger partial charge is 0.354 e. The van der Waals surface area contributed by atoms with Crippen LogP contribution in [0.1, 0.15) is 47.9 Å². The Morgan fingerprint density at radius 3 is 2.50 bits per heavy atom. The van der Waals surface area contributed by atoms with E-state index in [4.69, 9.17) is 11.6 Å². The number of nitrogens with zero attached hydrogens (tertiary/aromatic N) is 3. The first-order valence-electron chi connectivity index (χ1n) is 10.8. The highest BCUT2D eigenvalue weighted by molar-refractivity contribution is 5.72. The first-order chi connectivity index (χ1) is 15.3. The van der Waals surface area contributed by atoms with E-state index in [0.717, 1.165) is 23.4 Å². The SMILES string of the molecule is Cc1c(N2CCC(C(N)c3ccccc3F)C2)c(F)cn2c(=O)n(N)c(=O)c(C3CC3)c12. The van der Waals surface area contributed by atoms with Crippen molar-refractivity contribution >= 4 is 11.2 Å². The number of halogens is 2. The van der Waals surface area contributed by atoms with Gasteiger partial charge in [-0.15, -0.1) is 0 Å². The number of aromatic nitrogens is 2. The standard InChI is InChI=1S/C23H25F2N5O2/c1-12-20(28-9-8-14(10-28)19(26)15-4-2-3-5-16(15)24)17(25)11-29-21(12)18(13-6-7-13)22(31)30(27)23(29)32/h2-5,11,13-14,19H,6-10,26-27H2,1H3. The lowest BCUT2D eigenvalue weighted by Gasteiger charge is -2.25. The summed E-state index contributed by atoms with van der Waals surface area (Å²) in [6.07, 6.45) is 3.45. The molecule has 2 aliphatic rings. The summed E-state index contributed by atoms with van der Waals surface area (Å²) in [5.41, 5.74) is 7.29. The van der Waals surface area contributed by atoms with Gasteiger partial charge in [-0.25, -0.2) is 13.6 Å². The van der Waals surface area contributed by atoms with E-state index in [1.54, 1.807) is 25.1 Å². The Hall–Kier alpha value is -3.20. The quantitative estimate of drug-likeness (QED) is 0.605. The first-order valence-corrected chi connectivity index (χ1v) is 10.8. The monoisotopic (exact) mass is 441 g/mol. The molecule has 168 valence electrons. The van der Waals surface area contributed by atoms with Crippen LogP contribution in [0.15, 0.2) is 40.1 Å². The van der Waals surface area contributed by atoms with Gasteiger partial charge < -0.3 is 16.5 Å². The summed E-state index contributed by atoms with van der Waals surface area (Å²) in [5.74, 6) is 4.72. The summed E-state index contributed by atoms with van der Waals surface area (Å²) in [5, 5.41) is 0. The van der Waals surface area contributed by atoms with Crippen LogP contribution in [0.5, 0.6) is 0 Å². The summed E-state index contributed by atoms with van der Waals surface area (Å²) < 4.78 is 31.2. The van der Waals surface area contributed by atoms with Gasteiger partial charge in [0.25, 0.3) is 5.56 Å². The van der Waals surface area contributed by atoms with Gasteiger partial charge in [-0.3, -0.25) is 9.20 Å². The number of aryl methyl sites for hydroxylation is 1. The fraction of sp³-hybridized carbons (Fsp3) is 0.391. The van der Waals surface area contributed by atoms with Crippen LogP contribution in [0.25, 0.3) is 5.52 Å². The fourth-order valence-electron chi connectivity index (χ4n) is 5.04. The highest BCUT2D eigenvalue weighted by atomic mass is 19.1. The molecule has 0 amide bonds. The van der Waals surface area contributed by atoms with E-state index >= 15 is 4.39 Å². The van der Waals surface area contributed by atoms with Crippen LogP contribution in [0, 0.1) is 24.5 Å². The van der Waals surface area contributed by atoms with Crippen molar-refractivity contribution in [3.63, 3.8) is 0 Å². The second-order valence-electron chi connectivity index (χ2n) is 8.86. The van der Waals surface area contributed by atoms with Gasteiger partial charge >= 0.3 is 5.69 Å². The number of hydrogen-bond acceptors (Lipinski definition) is 5. The van der Waals surface area contributed by atoms with Crippen LogP contribution in [0.4, 0.5) is 14.5 Å². The largest absolute Gasteiger partial charge is 0.368 e. The highest BCUT2D eigenvalue weighted by Gasteiger charge is 2.35. The molecular weight excluding hydrogens is 416 g/mol. The molecule has 9 heteroatoms. The Bertz CT molecular complexity index is 1340. The molecule has 0 radical (unpaired) electrons. The second kappa shape index (κ2) is 7.44. The molecule has 1 saturated heterocycles. The molecule has 1 aromatic carbocycles. The molecule has 1 saturated carbocycles. The van der Waals surface area contributed by atoms with Crippen LogP contribution in [-0.2, 0) is 0 Å². The van der Waals surface area contributed by atoms with Gasteiger partial charge in [0.1, 0.15) is 5.82 Å². The molecule has 3 aromatic rings. The number of nitrogen functional groups attached to an aromatic ring is 1. The van der Waals surface area contributed by atoms with Crippen molar-refractivity contribution in [2.75, 3.05) is 23.8 Å². The molecule has 32 heavy (non-hydrogen) atoms. The summed E-state index contributed by atoms with van der Waals surface area (Å²) in [7, 11) is 0.